The summed E-state index contributed by atoms with van der Waals surface area (Å²) in [5.74, 6) is -1.08. The summed E-state index contributed by atoms with van der Waals surface area (Å²) >= 11 is 0. The molecule has 1 fully saturated rings. The molecule has 1 saturated heterocycles. The highest BCUT2D eigenvalue weighted by molar-refractivity contribution is 5.75. The largest absolute Gasteiger partial charge is 0.469 e. The maximum Gasteiger partial charge on any atom is 0.410 e. The average Bonchev–Trinajstić information content (AvgIpc) is 2.48. The number of hydrogen-bond acceptors (Lipinski definition) is 6. The topological polar surface area (TPSA) is 94.2 Å². The number of rotatable bonds is 3. The van der Waals surface area contributed by atoms with Crippen LogP contribution in [-0.4, -0.2) is 61.0 Å². The maximum absolute atomic E-state index is 12.3. The number of nitrogens with one attached hydrogen (secondary N) is 1. The first-order chi connectivity index (χ1) is 11.8. The normalized spacial score (nSPS) is 21.0. The van der Waals surface area contributed by atoms with Crippen molar-refractivity contribution in [1.82, 2.24) is 10.2 Å². The van der Waals surface area contributed by atoms with Gasteiger partial charge < -0.3 is 24.4 Å². The van der Waals surface area contributed by atoms with E-state index in [0.29, 0.717) is 13.0 Å². The van der Waals surface area contributed by atoms with Crippen LogP contribution in [0.2, 0.25) is 0 Å². The number of esters is 1. The number of amides is 2. The van der Waals surface area contributed by atoms with Crippen LogP contribution in [0.5, 0.6) is 0 Å². The molecule has 0 aromatic rings. The van der Waals surface area contributed by atoms with Crippen molar-refractivity contribution >= 4 is 18.2 Å². The Morgan fingerprint density at radius 3 is 2.12 bits per heavy atom. The third-order valence-electron chi connectivity index (χ3n) is 3.82. The highest BCUT2D eigenvalue weighted by Gasteiger charge is 2.38. The Balaban J connectivity index is 2.69. The number of methoxy groups -OCH3 is 1. The number of ether oxygens (including phenoxy) is 3. The molecule has 0 spiro atoms. The summed E-state index contributed by atoms with van der Waals surface area (Å²) in [5, 5.41) is 2.70. The lowest BCUT2D eigenvalue weighted by Crippen LogP contribution is -2.51. The molecule has 26 heavy (non-hydrogen) atoms. The number of alkyl carbamates (subject to hydrolysis) is 1. The Morgan fingerprint density at radius 2 is 1.62 bits per heavy atom. The van der Waals surface area contributed by atoms with Crippen LogP contribution in [0, 0.1) is 11.8 Å². The van der Waals surface area contributed by atoms with E-state index in [1.807, 2.05) is 0 Å². The fraction of sp³-hybridized carbons (Fsp3) is 0.833. The Kier molecular flexibility index (Phi) is 7.29. The van der Waals surface area contributed by atoms with Gasteiger partial charge in [-0.05, 0) is 53.9 Å². The number of carbonyl (C=O) groups excluding carboxylic acids is 3. The highest BCUT2D eigenvalue weighted by Crippen LogP contribution is 2.26. The second-order valence-electron chi connectivity index (χ2n) is 8.49. The van der Waals surface area contributed by atoms with Gasteiger partial charge in [-0.25, -0.2) is 9.59 Å². The summed E-state index contributed by atoms with van der Waals surface area (Å²) in [6.07, 6.45) is -0.435. The molecule has 0 aromatic carbocycles. The first-order valence-electron chi connectivity index (χ1n) is 8.85. The molecular formula is C18H32N2O6. The van der Waals surface area contributed by atoms with E-state index in [1.54, 1.807) is 41.5 Å². The van der Waals surface area contributed by atoms with Crippen molar-refractivity contribution in [3.63, 3.8) is 0 Å². The molecule has 2 atom stereocenters. The zero-order valence-electron chi connectivity index (χ0n) is 16.9. The fourth-order valence-electron chi connectivity index (χ4n) is 2.68. The van der Waals surface area contributed by atoms with E-state index in [2.05, 4.69) is 5.32 Å². The molecule has 1 rings (SSSR count). The van der Waals surface area contributed by atoms with E-state index in [1.165, 1.54) is 12.0 Å². The summed E-state index contributed by atoms with van der Waals surface area (Å²) in [6.45, 7) is 11.6. The minimum atomic E-state index is -0.604. The number of nitrogens with zero attached hydrogens (tertiary/aromatic N) is 1. The molecule has 1 N–H and O–H groups in total. The predicted octanol–water partition coefficient (Wildman–Crippen LogP) is 2.56. The molecule has 0 bridgehead atoms. The molecule has 8 heteroatoms. The molecule has 8 nitrogen and oxygen atoms in total. The molecule has 1 aliphatic heterocycles. The van der Waals surface area contributed by atoms with Crippen LogP contribution in [0.25, 0.3) is 0 Å². The summed E-state index contributed by atoms with van der Waals surface area (Å²) in [7, 11) is 1.31. The van der Waals surface area contributed by atoms with E-state index in [0.717, 1.165) is 0 Å². The van der Waals surface area contributed by atoms with E-state index < -0.39 is 35.3 Å². The molecule has 2 amide bonds. The van der Waals surface area contributed by atoms with Gasteiger partial charge in [0.2, 0.25) is 0 Å². The van der Waals surface area contributed by atoms with E-state index in [9.17, 15) is 14.4 Å². The van der Waals surface area contributed by atoms with Crippen molar-refractivity contribution in [2.75, 3.05) is 26.7 Å². The third kappa shape index (κ3) is 7.49. The number of carbonyl (C=O) groups is 3. The van der Waals surface area contributed by atoms with Crippen LogP contribution in [-0.2, 0) is 19.0 Å². The van der Waals surface area contributed by atoms with Gasteiger partial charge in [0.15, 0.2) is 0 Å². The van der Waals surface area contributed by atoms with Crippen LogP contribution in [0.1, 0.15) is 48.0 Å². The van der Waals surface area contributed by atoms with Crippen molar-refractivity contribution in [3.05, 3.63) is 0 Å². The van der Waals surface area contributed by atoms with Gasteiger partial charge in [-0.15, -0.1) is 0 Å². The Labute approximate surface area is 155 Å². The van der Waals surface area contributed by atoms with Crippen LogP contribution >= 0.6 is 0 Å². The molecule has 0 saturated carbocycles. The van der Waals surface area contributed by atoms with Gasteiger partial charge in [-0.3, -0.25) is 4.79 Å². The molecule has 0 aliphatic carbocycles. The maximum atomic E-state index is 12.3. The Hall–Kier alpha value is -1.99. The smallest absolute Gasteiger partial charge is 0.410 e. The third-order valence-corrected chi connectivity index (χ3v) is 3.82. The van der Waals surface area contributed by atoms with Crippen molar-refractivity contribution in [2.24, 2.45) is 11.8 Å². The molecular weight excluding hydrogens is 340 g/mol. The van der Waals surface area contributed by atoms with Crippen molar-refractivity contribution < 1.29 is 28.6 Å². The second kappa shape index (κ2) is 8.60. The lowest BCUT2D eigenvalue weighted by molar-refractivity contribution is -0.149. The lowest BCUT2D eigenvalue weighted by Gasteiger charge is -2.37. The molecule has 0 aromatic heterocycles. The van der Waals surface area contributed by atoms with Crippen LogP contribution in [0.3, 0.4) is 0 Å². The Bertz CT molecular complexity index is 521. The van der Waals surface area contributed by atoms with Crippen molar-refractivity contribution in [1.29, 1.82) is 0 Å². The van der Waals surface area contributed by atoms with Gasteiger partial charge in [0, 0.05) is 19.6 Å². The van der Waals surface area contributed by atoms with Crippen LogP contribution in [0.4, 0.5) is 9.59 Å². The quantitative estimate of drug-likeness (QED) is 0.604. The van der Waals surface area contributed by atoms with Gasteiger partial charge in [-0.1, -0.05) is 0 Å². The van der Waals surface area contributed by atoms with Gasteiger partial charge in [0.05, 0.1) is 13.0 Å². The second-order valence-corrected chi connectivity index (χ2v) is 8.49. The number of likely N-dealkylation sites (tertiary alicyclic amines) is 1. The zero-order valence-corrected chi connectivity index (χ0v) is 16.9. The SMILES string of the molecule is COC(=O)[C@H]1CN(C(=O)OC(C)(C)C)CC[C@H]1CNC(=O)OC(C)(C)C. The van der Waals surface area contributed by atoms with Crippen molar-refractivity contribution in [3.8, 4) is 0 Å². The molecule has 150 valence electrons. The fourth-order valence-corrected chi connectivity index (χ4v) is 2.68. The first kappa shape index (κ1) is 22.1. The molecule has 1 aliphatic rings. The standard InChI is InChI=1S/C18H32N2O6/c1-17(2,3)25-15(22)19-10-12-8-9-20(11-13(12)14(21)24-7)16(23)26-18(4,5)6/h12-13H,8-11H2,1-7H3,(H,19,22)/t12-,13-/m0/s1. The van der Waals surface area contributed by atoms with Gasteiger partial charge in [-0.2, -0.15) is 0 Å². The Morgan fingerprint density at radius 1 is 1.04 bits per heavy atom. The minimum Gasteiger partial charge on any atom is -0.469 e. The number of piperidine rings is 1. The monoisotopic (exact) mass is 372 g/mol. The highest BCUT2D eigenvalue weighted by atomic mass is 16.6. The summed E-state index contributed by atoms with van der Waals surface area (Å²) < 4.78 is 15.5. The minimum absolute atomic E-state index is 0.145. The average molecular weight is 372 g/mol. The van der Waals surface area contributed by atoms with Crippen LogP contribution < -0.4 is 5.32 Å². The van der Waals surface area contributed by atoms with Crippen LogP contribution in [0.15, 0.2) is 0 Å². The first-order valence-corrected chi connectivity index (χ1v) is 8.85. The van der Waals surface area contributed by atoms with Gasteiger partial charge in [0.25, 0.3) is 0 Å². The summed E-state index contributed by atoms with van der Waals surface area (Å²) in [6, 6.07) is 0. The summed E-state index contributed by atoms with van der Waals surface area (Å²) in [4.78, 5) is 37.8. The van der Waals surface area contributed by atoms with E-state index >= 15 is 0 Å². The van der Waals surface area contributed by atoms with Crippen molar-refractivity contribution in [2.45, 2.75) is 59.2 Å². The number of hydrogen-bond donors (Lipinski definition) is 1. The summed E-state index contributed by atoms with van der Waals surface area (Å²) in [5.41, 5.74) is -1.20. The zero-order chi connectivity index (χ0) is 20.1. The molecule has 0 unspecified atom stereocenters. The molecule has 1 heterocycles. The lowest BCUT2D eigenvalue weighted by atomic mass is 9.85. The van der Waals surface area contributed by atoms with Gasteiger partial charge in [0.1, 0.15) is 11.2 Å². The predicted molar refractivity (Wildman–Crippen MR) is 95.7 cm³/mol. The van der Waals surface area contributed by atoms with E-state index in [4.69, 9.17) is 14.2 Å². The molecule has 0 radical (unpaired) electrons. The van der Waals surface area contributed by atoms with Gasteiger partial charge >= 0.3 is 18.2 Å². The van der Waals surface area contributed by atoms with E-state index in [-0.39, 0.29) is 19.0 Å².